The van der Waals surface area contributed by atoms with E-state index in [-0.39, 0.29) is 4.90 Å². The molecule has 0 saturated carbocycles. The quantitative estimate of drug-likeness (QED) is 0.622. The number of hydrazone groups is 1. The molecular weight excluding hydrogens is 288 g/mol. The molecule has 7 heteroatoms. The lowest BCUT2D eigenvalue weighted by atomic mass is 10.2. The van der Waals surface area contributed by atoms with Gasteiger partial charge in [-0.3, -0.25) is 4.98 Å². The highest BCUT2D eigenvalue weighted by atomic mass is 32.2. The van der Waals surface area contributed by atoms with Crippen molar-refractivity contribution >= 4 is 22.1 Å². The summed E-state index contributed by atoms with van der Waals surface area (Å²) in [6.45, 7) is 0. The fraction of sp³-hybridized carbons (Fsp3) is 0.0714. The van der Waals surface area contributed by atoms with Gasteiger partial charge in [0.15, 0.2) is 5.84 Å². The van der Waals surface area contributed by atoms with E-state index in [4.69, 9.17) is 0 Å². The van der Waals surface area contributed by atoms with E-state index in [1.165, 1.54) is 11.1 Å². The predicted octanol–water partition coefficient (Wildman–Crippen LogP) is 1.50. The highest BCUT2D eigenvalue weighted by molar-refractivity contribution is 7.90. The van der Waals surface area contributed by atoms with Gasteiger partial charge >= 0.3 is 0 Å². The van der Waals surface area contributed by atoms with Crippen molar-refractivity contribution in [1.82, 2.24) is 9.99 Å². The van der Waals surface area contributed by atoms with Crippen molar-refractivity contribution < 1.29 is 8.42 Å². The zero-order valence-corrected chi connectivity index (χ0v) is 12.0. The van der Waals surface area contributed by atoms with Crippen LogP contribution in [-0.4, -0.2) is 37.5 Å². The van der Waals surface area contributed by atoms with Crippen LogP contribution < -0.4 is 0 Å². The molecule has 0 N–H and O–H groups in total. The first-order valence-electron chi connectivity index (χ1n) is 6.21. The minimum atomic E-state index is -3.63. The number of fused-ring (bicyclic) bond motifs is 1. The second-order valence-corrected chi connectivity index (χ2v) is 5.98. The van der Waals surface area contributed by atoms with E-state index in [9.17, 15) is 8.42 Å². The van der Waals surface area contributed by atoms with Crippen molar-refractivity contribution in [2.24, 2.45) is 9.50 Å². The molecule has 0 spiro atoms. The van der Waals surface area contributed by atoms with E-state index in [0.29, 0.717) is 17.1 Å². The molecule has 0 atom stereocenters. The van der Waals surface area contributed by atoms with E-state index in [1.807, 2.05) is 12.1 Å². The number of rotatable bonds is 2. The summed E-state index contributed by atoms with van der Waals surface area (Å²) >= 11 is 0. The smallest absolute Gasteiger partial charge is 0.255 e. The minimum Gasteiger partial charge on any atom is -0.255 e. The lowest BCUT2D eigenvalue weighted by molar-refractivity contribution is 0.549. The minimum absolute atomic E-state index is 0.208. The first kappa shape index (κ1) is 13.4. The Kier molecular flexibility index (Phi) is 3.26. The first-order chi connectivity index (χ1) is 10.1. The second kappa shape index (κ2) is 5.10. The molecule has 106 valence electrons. The van der Waals surface area contributed by atoms with Crippen LogP contribution in [0.4, 0.5) is 0 Å². The Hall–Kier alpha value is -2.54. The third-order valence-electron chi connectivity index (χ3n) is 2.97. The lowest BCUT2D eigenvalue weighted by Gasteiger charge is -2.11. The number of benzene rings is 1. The highest BCUT2D eigenvalue weighted by Crippen LogP contribution is 2.26. The van der Waals surface area contributed by atoms with Crippen LogP contribution in [0.3, 0.4) is 0 Å². The summed E-state index contributed by atoms with van der Waals surface area (Å²) in [7, 11) is -1.98. The van der Waals surface area contributed by atoms with Crippen LogP contribution in [0.5, 0.6) is 0 Å². The molecule has 1 aromatic carbocycles. The summed E-state index contributed by atoms with van der Waals surface area (Å²) in [5.41, 5.74) is 1.23. The molecule has 0 aliphatic carbocycles. The fourth-order valence-electron chi connectivity index (χ4n) is 1.97. The molecule has 1 aliphatic heterocycles. The van der Waals surface area contributed by atoms with Gasteiger partial charge in [-0.1, -0.05) is 18.2 Å². The summed E-state index contributed by atoms with van der Waals surface area (Å²) in [5.74, 6) is 0.304. The predicted molar refractivity (Wildman–Crippen MR) is 79.8 cm³/mol. The molecule has 0 radical (unpaired) electrons. The van der Waals surface area contributed by atoms with Gasteiger partial charge in [0.25, 0.3) is 10.0 Å². The van der Waals surface area contributed by atoms with E-state index in [0.717, 1.165) is 0 Å². The Labute approximate surface area is 122 Å². The zero-order valence-electron chi connectivity index (χ0n) is 11.2. The van der Waals surface area contributed by atoms with Gasteiger partial charge in [0.05, 0.1) is 11.9 Å². The van der Waals surface area contributed by atoms with Crippen LogP contribution in [0.1, 0.15) is 11.3 Å². The summed E-state index contributed by atoms with van der Waals surface area (Å²) in [5, 5.41) is 5.62. The van der Waals surface area contributed by atoms with Gasteiger partial charge in [-0.15, -0.1) is 4.40 Å². The number of sulfonamides is 1. The third-order valence-corrected chi connectivity index (χ3v) is 4.30. The van der Waals surface area contributed by atoms with Crippen LogP contribution in [0.15, 0.2) is 63.1 Å². The third kappa shape index (κ3) is 2.55. The molecule has 1 aromatic heterocycles. The molecule has 1 aliphatic rings. The van der Waals surface area contributed by atoms with E-state index >= 15 is 0 Å². The first-order valence-corrected chi connectivity index (χ1v) is 7.65. The average Bonchev–Trinajstić information content (AvgIpc) is 2.78. The highest BCUT2D eigenvalue weighted by Gasteiger charge is 2.30. The molecule has 3 rings (SSSR count). The van der Waals surface area contributed by atoms with Crippen LogP contribution >= 0.6 is 0 Å². The van der Waals surface area contributed by atoms with Gasteiger partial charge in [-0.05, 0) is 24.3 Å². The lowest BCUT2D eigenvalue weighted by Crippen LogP contribution is -2.21. The maximum absolute atomic E-state index is 12.0. The summed E-state index contributed by atoms with van der Waals surface area (Å²) in [4.78, 5) is 4.32. The standard InChI is InChI=1S/C14H12N4O2S/c1-18(16-10-11-6-4-5-9-15-11)14-12-7-2-3-8-13(12)21(19,20)17-14/h2-10H,1H3. The number of hydrogen-bond donors (Lipinski definition) is 0. The average molecular weight is 300 g/mol. The second-order valence-electron chi connectivity index (χ2n) is 4.41. The number of nitrogens with zero attached hydrogens (tertiary/aromatic N) is 4. The van der Waals surface area contributed by atoms with Crippen molar-refractivity contribution in [3.8, 4) is 0 Å². The van der Waals surface area contributed by atoms with Crippen LogP contribution in [0, 0.1) is 0 Å². The molecule has 2 aromatic rings. The number of aromatic nitrogens is 1. The molecule has 0 unspecified atom stereocenters. The van der Waals surface area contributed by atoms with Crippen molar-refractivity contribution in [3.63, 3.8) is 0 Å². The Morgan fingerprint density at radius 3 is 2.67 bits per heavy atom. The molecule has 21 heavy (non-hydrogen) atoms. The largest absolute Gasteiger partial charge is 0.285 e. The van der Waals surface area contributed by atoms with Crippen molar-refractivity contribution in [2.75, 3.05) is 7.05 Å². The van der Waals surface area contributed by atoms with Crippen LogP contribution in [0.25, 0.3) is 0 Å². The Morgan fingerprint density at radius 1 is 1.14 bits per heavy atom. The summed E-state index contributed by atoms with van der Waals surface area (Å²) < 4.78 is 27.7. The van der Waals surface area contributed by atoms with Gasteiger partial charge in [0.2, 0.25) is 0 Å². The van der Waals surface area contributed by atoms with Gasteiger partial charge in [-0.2, -0.15) is 13.5 Å². The molecular formula is C14H12N4O2S. The Bertz CT molecular complexity index is 829. The number of pyridine rings is 1. The molecule has 0 saturated heterocycles. The topological polar surface area (TPSA) is 75.0 Å². The summed E-state index contributed by atoms with van der Waals surface area (Å²) in [6.07, 6.45) is 3.21. The van der Waals surface area contributed by atoms with Crippen molar-refractivity contribution in [3.05, 3.63) is 59.9 Å². The fourth-order valence-corrected chi connectivity index (χ4v) is 3.20. The molecule has 0 bridgehead atoms. The SMILES string of the molecule is CN(N=Cc1ccccn1)C1=NS(=O)(=O)c2ccccc21. The number of hydrogen-bond acceptors (Lipinski definition) is 5. The van der Waals surface area contributed by atoms with Crippen LogP contribution in [-0.2, 0) is 10.0 Å². The van der Waals surface area contributed by atoms with E-state index in [1.54, 1.807) is 43.7 Å². The van der Waals surface area contributed by atoms with Gasteiger partial charge in [-0.25, -0.2) is 5.01 Å². The van der Waals surface area contributed by atoms with Gasteiger partial charge in [0.1, 0.15) is 4.90 Å². The van der Waals surface area contributed by atoms with E-state index < -0.39 is 10.0 Å². The number of amidine groups is 1. The monoisotopic (exact) mass is 300 g/mol. The van der Waals surface area contributed by atoms with Gasteiger partial charge < -0.3 is 0 Å². The van der Waals surface area contributed by atoms with Crippen molar-refractivity contribution in [2.45, 2.75) is 4.90 Å². The van der Waals surface area contributed by atoms with Gasteiger partial charge in [0, 0.05) is 18.8 Å². The molecule has 0 fully saturated rings. The molecule has 6 nitrogen and oxygen atoms in total. The maximum atomic E-state index is 12.0. The molecule has 2 heterocycles. The Balaban J connectivity index is 1.93. The van der Waals surface area contributed by atoms with E-state index in [2.05, 4.69) is 14.5 Å². The van der Waals surface area contributed by atoms with Crippen LogP contribution in [0.2, 0.25) is 0 Å². The molecule has 0 amide bonds. The summed E-state index contributed by atoms with van der Waals surface area (Å²) in [6, 6.07) is 12.2. The Morgan fingerprint density at radius 2 is 1.90 bits per heavy atom. The normalized spacial score (nSPS) is 15.8. The maximum Gasteiger partial charge on any atom is 0.285 e. The zero-order chi connectivity index (χ0) is 14.9. The van der Waals surface area contributed by atoms with Crippen molar-refractivity contribution in [1.29, 1.82) is 0 Å².